The van der Waals surface area contributed by atoms with Gasteiger partial charge in [-0.3, -0.25) is 0 Å². The van der Waals surface area contributed by atoms with Gasteiger partial charge in [-0.25, -0.2) is 17.9 Å². The number of carbonyl (C=O) groups is 1. The minimum Gasteiger partial charge on any atom is -0.478 e. The predicted molar refractivity (Wildman–Crippen MR) is 82.8 cm³/mol. The molecule has 5 nitrogen and oxygen atoms in total. The van der Waals surface area contributed by atoms with Crippen molar-refractivity contribution in [1.29, 1.82) is 0 Å². The van der Waals surface area contributed by atoms with E-state index in [1.54, 1.807) is 0 Å². The number of benzene rings is 1. The fourth-order valence-corrected chi connectivity index (χ4v) is 4.20. The van der Waals surface area contributed by atoms with E-state index in [2.05, 4.69) is 27.6 Å². The number of sulfonamides is 1. The number of carboxylic acid groups (broad SMARTS) is 1. The van der Waals surface area contributed by atoms with E-state index in [1.807, 2.05) is 0 Å². The van der Waals surface area contributed by atoms with Crippen LogP contribution < -0.4 is 4.72 Å². The number of nitrogens with one attached hydrogen (secondary N) is 1. The lowest BCUT2D eigenvalue weighted by Crippen LogP contribution is -2.30. The molecule has 116 valence electrons. The third-order valence-electron chi connectivity index (χ3n) is 4.05. The Balaban J connectivity index is 2.15. The molecule has 2 N–H and O–H groups in total. The normalized spacial score (nSPS) is 22.4. The summed E-state index contributed by atoms with van der Waals surface area (Å²) in [5.74, 6) is -0.287. The standard InChI is InChI=1S/C14H18BrNO4S/c1-9-3-2-4-10(9)8-16-21(19,20)11-5-6-13(15)12(7-11)14(17)18/h5-7,9-10,16H,2-4,8H2,1H3,(H,17,18). The fraction of sp³-hybridized carbons (Fsp3) is 0.500. The summed E-state index contributed by atoms with van der Waals surface area (Å²) in [4.78, 5) is 11.0. The predicted octanol–water partition coefficient (Wildman–Crippen LogP) is 2.86. The highest BCUT2D eigenvalue weighted by Crippen LogP contribution is 2.30. The summed E-state index contributed by atoms with van der Waals surface area (Å²) in [5, 5.41) is 9.05. The lowest BCUT2D eigenvalue weighted by atomic mass is 9.99. The summed E-state index contributed by atoms with van der Waals surface area (Å²) >= 11 is 3.10. The molecule has 0 saturated heterocycles. The SMILES string of the molecule is CC1CCCC1CNS(=O)(=O)c1ccc(Br)c(C(=O)O)c1. The van der Waals surface area contributed by atoms with Crippen LogP contribution in [0.3, 0.4) is 0 Å². The molecular weight excluding hydrogens is 358 g/mol. The van der Waals surface area contributed by atoms with Crippen LogP contribution in [0, 0.1) is 11.8 Å². The lowest BCUT2D eigenvalue weighted by molar-refractivity contribution is 0.0695. The highest BCUT2D eigenvalue weighted by molar-refractivity contribution is 9.10. The molecule has 1 saturated carbocycles. The van der Waals surface area contributed by atoms with E-state index in [9.17, 15) is 13.2 Å². The summed E-state index contributed by atoms with van der Waals surface area (Å²) in [6.45, 7) is 2.54. The zero-order valence-electron chi connectivity index (χ0n) is 11.7. The molecule has 2 rings (SSSR count). The second kappa shape index (κ2) is 6.46. The van der Waals surface area contributed by atoms with Crippen molar-refractivity contribution >= 4 is 31.9 Å². The van der Waals surface area contributed by atoms with Gasteiger partial charge >= 0.3 is 5.97 Å². The highest BCUT2D eigenvalue weighted by atomic mass is 79.9. The second-order valence-corrected chi connectivity index (χ2v) is 8.09. The maximum atomic E-state index is 12.3. The quantitative estimate of drug-likeness (QED) is 0.828. The molecule has 21 heavy (non-hydrogen) atoms. The molecule has 0 bridgehead atoms. The van der Waals surface area contributed by atoms with E-state index in [0.29, 0.717) is 22.9 Å². The van der Waals surface area contributed by atoms with Crippen LogP contribution in [0.1, 0.15) is 36.5 Å². The van der Waals surface area contributed by atoms with Gasteiger partial charge in [0.05, 0.1) is 10.5 Å². The number of hydrogen-bond acceptors (Lipinski definition) is 3. The van der Waals surface area contributed by atoms with Gasteiger partial charge in [0.25, 0.3) is 0 Å². The Kier molecular flexibility index (Phi) is 5.06. The molecule has 0 amide bonds. The second-order valence-electron chi connectivity index (χ2n) is 5.47. The van der Waals surface area contributed by atoms with E-state index in [4.69, 9.17) is 5.11 Å². The Morgan fingerprint density at radius 3 is 2.71 bits per heavy atom. The van der Waals surface area contributed by atoms with Gasteiger partial charge < -0.3 is 5.11 Å². The zero-order valence-corrected chi connectivity index (χ0v) is 14.1. The molecular formula is C14H18BrNO4S. The van der Waals surface area contributed by atoms with Crippen LogP contribution in [0.15, 0.2) is 27.6 Å². The first-order valence-corrected chi connectivity index (χ1v) is 9.11. The van der Waals surface area contributed by atoms with Crippen molar-refractivity contribution in [3.05, 3.63) is 28.2 Å². The molecule has 0 aliphatic heterocycles. The number of hydrogen-bond donors (Lipinski definition) is 2. The van der Waals surface area contributed by atoms with Crippen molar-refractivity contribution < 1.29 is 18.3 Å². The summed E-state index contributed by atoms with van der Waals surface area (Å²) in [5.41, 5.74) is -0.0629. The number of halogens is 1. The Morgan fingerprint density at radius 1 is 1.43 bits per heavy atom. The van der Waals surface area contributed by atoms with Crippen molar-refractivity contribution in [2.24, 2.45) is 11.8 Å². The molecule has 0 spiro atoms. The summed E-state index contributed by atoms with van der Waals surface area (Å²) in [6.07, 6.45) is 3.30. The minimum absolute atomic E-state index is 0.0197. The van der Waals surface area contributed by atoms with Gasteiger partial charge in [0.15, 0.2) is 0 Å². The van der Waals surface area contributed by atoms with E-state index in [0.717, 1.165) is 19.3 Å². The van der Waals surface area contributed by atoms with E-state index < -0.39 is 16.0 Å². The third-order valence-corrected chi connectivity index (χ3v) is 6.17. The first kappa shape index (κ1) is 16.5. The highest BCUT2D eigenvalue weighted by Gasteiger charge is 2.25. The van der Waals surface area contributed by atoms with Crippen LogP contribution in [0.4, 0.5) is 0 Å². The van der Waals surface area contributed by atoms with Gasteiger partial charge in [0.2, 0.25) is 10.0 Å². The Morgan fingerprint density at radius 2 is 2.14 bits per heavy atom. The van der Waals surface area contributed by atoms with Gasteiger partial charge in [0, 0.05) is 11.0 Å². The first-order valence-electron chi connectivity index (χ1n) is 6.84. The van der Waals surface area contributed by atoms with Crippen LogP contribution in [0.2, 0.25) is 0 Å². The van der Waals surface area contributed by atoms with E-state index in [-0.39, 0.29) is 10.5 Å². The molecule has 2 atom stereocenters. The maximum absolute atomic E-state index is 12.3. The largest absolute Gasteiger partial charge is 0.478 e. The van der Waals surface area contributed by atoms with Gasteiger partial charge in [-0.15, -0.1) is 0 Å². The molecule has 1 aliphatic rings. The monoisotopic (exact) mass is 375 g/mol. The molecule has 7 heteroatoms. The zero-order chi connectivity index (χ0) is 15.6. The lowest BCUT2D eigenvalue weighted by Gasteiger charge is -2.16. The van der Waals surface area contributed by atoms with Crippen LogP contribution in [0.25, 0.3) is 0 Å². The van der Waals surface area contributed by atoms with Crippen molar-refractivity contribution in [3.8, 4) is 0 Å². The van der Waals surface area contributed by atoms with Gasteiger partial charge in [-0.2, -0.15) is 0 Å². The minimum atomic E-state index is -3.68. The molecule has 1 aromatic carbocycles. The Hall–Kier alpha value is -0.920. The summed E-state index contributed by atoms with van der Waals surface area (Å²) in [7, 11) is -3.68. The number of rotatable bonds is 5. The topological polar surface area (TPSA) is 83.5 Å². The van der Waals surface area contributed by atoms with Gasteiger partial charge in [-0.1, -0.05) is 19.8 Å². The van der Waals surface area contributed by atoms with E-state index >= 15 is 0 Å². The molecule has 1 aliphatic carbocycles. The molecule has 1 fully saturated rings. The van der Waals surface area contributed by atoms with Gasteiger partial charge in [-0.05, 0) is 52.4 Å². The molecule has 2 unspecified atom stereocenters. The molecule has 0 radical (unpaired) electrons. The maximum Gasteiger partial charge on any atom is 0.336 e. The van der Waals surface area contributed by atoms with Crippen molar-refractivity contribution in [2.75, 3.05) is 6.54 Å². The van der Waals surface area contributed by atoms with Crippen LogP contribution in [-0.4, -0.2) is 26.0 Å². The van der Waals surface area contributed by atoms with E-state index in [1.165, 1.54) is 18.2 Å². The first-order chi connectivity index (χ1) is 9.81. The van der Waals surface area contributed by atoms with Crippen molar-refractivity contribution in [1.82, 2.24) is 4.72 Å². The third kappa shape index (κ3) is 3.84. The van der Waals surface area contributed by atoms with Gasteiger partial charge in [0.1, 0.15) is 0 Å². The van der Waals surface area contributed by atoms with Crippen LogP contribution in [0.5, 0.6) is 0 Å². The molecule has 0 heterocycles. The van der Waals surface area contributed by atoms with Crippen LogP contribution >= 0.6 is 15.9 Å². The Bertz CT molecular complexity index is 644. The van der Waals surface area contributed by atoms with Crippen LogP contribution in [-0.2, 0) is 10.0 Å². The Labute approximate surface area is 132 Å². The van der Waals surface area contributed by atoms with Crippen molar-refractivity contribution in [2.45, 2.75) is 31.1 Å². The summed E-state index contributed by atoms with van der Waals surface area (Å²) in [6, 6.07) is 4.01. The summed E-state index contributed by atoms with van der Waals surface area (Å²) < 4.78 is 27.5. The average molecular weight is 376 g/mol. The fourth-order valence-electron chi connectivity index (χ4n) is 2.66. The number of carboxylic acids is 1. The molecule has 0 aromatic heterocycles. The average Bonchev–Trinajstić information content (AvgIpc) is 2.82. The smallest absolute Gasteiger partial charge is 0.336 e. The number of aromatic carboxylic acids is 1. The molecule has 1 aromatic rings. The van der Waals surface area contributed by atoms with Crippen molar-refractivity contribution in [3.63, 3.8) is 0 Å².